The maximum atomic E-state index is 5.76. The van der Waals surface area contributed by atoms with Crippen LogP contribution in [0.2, 0.25) is 0 Å². The summed E-state index contributed by atoms with van der Waals surface area (Å²) in [7, 11) is 0. The van der Waals surface area contributed by atoms with E-state index in [0.29, 0.717) is 12.2 Å². The lowest BCUT2D eigenvalue weighted by atomic mass is 10.1. The van der Waals surface area contributed by atoms with Crippen molar-refractivity contribution in [2.24, 2.45) is 5.73 Å². The Balaban J connectivity index is 2.12. The zero-order valence-electron chi connectivity index (χ0n) is 7.38. The average Bonchev–Trinajstić information content (AvgIpc) is 2.38. The van der Waals surface area contributed by atoms with Gasteiger partial charge in [0.15, 0.2) is 0 Å². The molecule has 1 aliphatic heterocycles. The summed E-state index contributed by atoms with van der Waals surface area (Å²) in [5.74, 6) is 0. The summed E-state index contributed by atoms with van der Waals surface area (Å²) in [5.41, 5.74) is 5.45. The van der Waals surface area contributed by atoms with Crippen LogP contribution in [0.25, 0.3) is 0 Å². The first-order valence-corrected chi connectivity index (χ1v) is 4.72. The summed E-state index contributed by atoms with van der Waals surface area (Å²) >= 11 is 0. The molecule has 0 aromatic carbocycles. The fourth-order valence-electron chi connectivity index (χ4n) is 1.71. The fourth-order valence-corrected chi connectivity index (χ4v) is 1.71. The van der Waals surface area contributed by atoms with Crippen LogP contribution >= 0.6 is 0 Å². The summed E-state index contributed by atoms with van der Waals surface area (Å²) < 4.78 is 5.76. The van der Waals surface area contributed by atoms with Gasteiger partial charge in [0.1, 0.15) is 0 Å². The fraction of sp³-hybridized carbons (Fsp3) is 1.00. The monoisotopic (exact) mass is 157 g/mol. The highest BCUT2D eigenvalue weighted by Crippen LogP contribution is 2.24. The van der Waals surface area contributed by atoms with Crippen LogP contribution in [0.15, 0.2) is 0 Å². The number of nitrogens with two attached hydrogens (primary N) is 1. The van der Waals surface area contributed by atoms with Crippen LogP contribution in [-0.2, 0) is 4.74 Å². The summed E-state index contributed by atoms with van der Waals surface area (Å²) in [6, 6.07) is 0. The van der Waals surface area contributed by atoms with E-state index in [-0.39, 0.29) is 0 Å². The molecule has 1 aliphatic rings. The van der Waals surface area contributed by atoms with Gasteiger partial charge in [0.05, 0.1) is 12.2 Å². The van der Waals surface area contributed by atoms with Gasteiger partial charge in [0.2, 0.25) is 0 Å². The minimum Gasteiger partial charge on any atom is -0.375 e. The van der Waals surface area contributed by atoms with Gasteiger partial charge in [-0.15, -0.1) is 0 Å². The molecule has 66 valence electrons. The second-order valence-electron chi connectivity index (χ2n) is 3.32. The Morgan fingerprint density at radius 2 is 1.91 bits per heavy atom. The molecule has 0 bridgehead atoms. The molecule has 1 heterocycles. The quantitative estimate of drug-likeness (QED) is 0.674. The smallest absolute Gasteiger partial charge is 0.0591 e. The number of hydrogen-bond acceptors (Lipinski definition) is 2. The highest BCUT2D eigenvalue weighted by atomic mass is 16.5. The van der Waals surface area contributed by atoms with E-state index in [9.17, 15) is 0 Å². The predicted molar refractivity (Wildman–Crippen MR) is 46.5 cm³/mol. The average molecular weight is 157 g/mol. The molecule has 2 atom stereocenters. The molecule has 11 heavy (non-hydrogen) atoms. The van der Waals surface area contributed by atoms with Gasteiger partial charge in [-0.2, -0.15) is 0 Å². The van der Waals surface area contributed by atoms with Crippen molar-refractivity contribution in [1.82, 2.24) is 0 Å². The first kappa shape index (κ1) is 9.01. The third kappa shape index (κ3) is 2.80. The largest absolute Gasteiger partial charge is 0.375 e. The minimum atomic E-state index is 0.469. The molecule has 2 nitrogen and oxygen atoms in total. The van der Waals surface area contributed by atoms with E-state index in [4.69, 9.17) is 10.5 Å². The Bertz CT molecular complexity index is 93.7. The second-order valence-corrected chi connectivity index (χ2v) is 3.32. The van der Waals surface area contributed by atoms with E-state index in [1.54, 1.807) is 0 Å². The summed E-state index contributed by atoms with van der Waals surface area (Å²) in [6.45, 7) is 2.98. The Kier molecular flexibility index (Phi) is 3.87. The van der Waals surface area contributed by atoms with E-state index in [0.717, 1.165) is 13.0 Å². The van der Waals surface area contributed by atoms with Gasteiger partial charge in [-0.3, -0.25) is 0 Å². The standard InChI is InChI=1S/C9H19NO/c1-2-3-8-4-5-9(11-8)6-7-10/h8-9H,2-7,10H2,1H3. The van der Waals surface area contributed by atoms with Crippen molar-refractivity contribution >= 4 is 0 Å². The van der Waals surface area contributed by atoms with E-state index in [1.807, 2.05) is 0 Å². The predicted octanol–water partition coefficient (Wildman–Crippen LogP) is 1.68. The SMILES string of the molecule is CCCC1CCC(CCN)O1. The van der Waals surface area contributed by atoms with Crippen LogP contribution in [0, 0.1) is 0 Å². The van der Waals surface area contributed by atoms with Gasteiger partial charge in [-0.1, -0.05) is 13.3 Å². The highest BCUT2D eigenvalue weighted by Gasteiger charge is 2.23. The van der Waals surface area contributed by atoms with Crippen LogP contribution in [-0.4, -0.2) is 18.8 Å². The first-order chi connectivity index (χ1) is 5.36. The molecule has 0 aliphatic carbocycles. The number of hydrogen-bond donors (Lipinski definition) is 1. The Hall–Kier alpha value is -0.0800. The molecule has 0 aromatic rings. The molecule has 1 rings (SSSR count). The van der Waals surface area contributed by atoms with Gasteiger partial charge in [-0.05, 0) is 32.2 Å². The second kappa shape index (κ2) is 4.73. The lowest BCUT2D eigenvalue weighted by molar-refractivity contribution is 0.0372. The molecule has 1 saturated heterocycles. The summed E-state index contributed by atoms with van der Waals surface area (Å²) in [6.07, 6.45) is 6.98. The summed E-state index contributed by atoms with van der Waals surface area (Å²) in [4.78, 5) is 0. The van der Waals surface area contributed by atoms with Crippen LogP contribution in [0.3, 0.4) is 0 Å². The molecule has 0 spiro atoms. The van der Waals surface area contributed by atoms with E-state index < -0.39 is 0 Å². The molecule has 2 N–H and O–H groups in total. The number of rotatable bonds is 4. The van der Waals surface area contributed by atoms with Crippen molar-refractivity contribution < 1.29 is 4.74 Å². The maximum Gasteiger partial charge on any atom is 0.0591 e. The lowest BCUT2D eigenvalue weighted by Gasteiger charge is -2.11. The molecule has 1 fully saturated rings. The normalized spacial score (nSPS) is 31.1. The third-order valence-corrected chi connectivity index (χ3v) is 2.29. The zero-order chi connectivity index (χ0) is 8.10. The van der Waals surface area contributed by atoms with Gasteiger partial charge < -0.3 is 10.5 Å². The zero-order valence-corrected chi connectivity index (χ0v) is 7.38. The van der Waals surface area contributed by atoms with E-state index in [1.165, 1.54) is 25.7 Å². The van der Waals surface area contributed by atoms with Crippen LogP contribution < -0.4 is 5.73 Å². The van der Waals surface area contributed by atoms with Crippen LogP contribution in [0.1, 0.15) is 39.0 Å². The van der Waals surface area contributed by atoms with E-state index in [2.05, 4.69) is 6.92 Å². The molecule has 0 aromatic heterocycles. The molecule has 0 radical (unpaired) electrons. The summed E-state index contributed by atoms with van der Waals surface area (Å²) in [5, 5.41) is 0. The van der Waals surface area contributed by atoms with Crippen molar-refractivity contribution in [3.63, 3.8) is 0 Å². The van der Waals surface area contributed by atoms with Gasteiger partial charge >= 0.3 is 0 Å². The Morgan fingerprint density at radius 3 is 2.45 bits per heavy atom. The van der Waals surface area contributed by atoms with Gasteiger partial charge in [-0.25, -0.2) is 0 Å². The van der Waals surface area contributed by atoms with Crippen molar-refractivity contribution in [2.45, 2.75) is 51.2 Å². The molecule has 2 unspecified atom stereocenters. The van der Waals surface area contributed by atoms with E-state index >= 15 is 0 Å². The molecular weight excluding hydrogens is 138 g/mol. The molecule has 0 amide bonds. The third-order valence-electron chi connectivity index (χ3n) is 2.29. The Labute approximate surface area is 69.1 Å². The molecular formula is C9H19NO. The minimum absolute atomic E-state index is 0.469. The van der Waals surface area contributed by atoms with Crippen molar-refractivity contribution in [3.05, 3.63) is 0 Å². The maximum absolute atomic E-state index is 5.76. The van der Waals surface area contributed by atoms with Crippen molar-refractivity contribution in [1.29, 1.82) is 0 Å². The first-order valence-electron chi connectivity index (χ1n) is 4.72. The van der Waals surface area contributed by atoms with Crippen LogP contribution in [0.5, 0.6) is 0 Å². The van der Waals surface area contributed by atoms with Crippen molar-refractivity contribution in [2.75, 3.05) is 6.54 Å². The Morgan fingerprint density at radius 1 is 1.27 bits per heavy atom. The van der Waals surface area contributed by atoms with Crippen molar-refractivity contribution in [3.8, 4) is 0 Å². The van der Waals surface area contributed by atoms with Gasteiger partial charge in [0, 0.05) is 0 Å². The molecule has 2 heteroatoms. The van der Waals surface area contributed by atoms with Gasteiger partial charge in [0.25, 0.3) is 0 Å². The topological polar surface area (TPSA) is 35.2 Å². The van der Waals surface area contributed by atoms with Crippen LogP contribution in [0.4, 0.5) is 0 Å². The highest BCUT2D eigenvalue weighted by molar-refractivity contribution is 4.73. The number of ether oxygens (including phenoxy) is 1. The lowest BCUT2D eigenvalue weighted by Crippen LogP contribution is -2.14. The molecule has 0 saturated carbocycles.